The monoisotopic (exact) mass is 1450 g/mol. The number of hydrogen-bond acceptors (Lipinski definition) is 19. The van der Waals surface area contributed by atoms with Gasteiger partial charge in [0.15, 0.2) is 14.5 Å². The first-order chi connectivity index (χ1) is 48.0. The molecule has 2 saturated heterocycles. The van der Waals surface area contributed by atoms with Crippen LogP contribution in [0, 0.1) is 25.2 Å². The molecule has 27 heteroatoms. The third-order valence-electron chi connectivity index (χ3n) is 18.9. The van der Waals surface area contributed by atoms with Crippen LogP contribution in [0.5, 0.6) is 11.5 Å². The Morgan fingerprint density at radius 1 is 0.673 bits per heavy atom. The van der Waals surface area contributed by atoms with Gasteiger partial charge in [-0.05, 0) is 100 Å². The summed E-state index contributed by atoms with van der Waals surface area (Å²) < 4.78 is 123. The molecule has 0 bridgehead atoms. The molecule has 9 atom stereocenters. The molecule has 2 aliphatic heterocycles. The van der Waals surface area contributed by atoms with Crippen molar-refractivity contribution in [3.63, 3.8) is 0 Å². The van der Waals surface area contributed by atoms with Crippen molar-refractivity contribution in [2.75, 3.05) is 34.0 Å². The number of ether oxygens (including phenoxy) is 5. The molecule has 101 heavy (non-hydrogen) atoms. The molecule has 0 spiro atoms. The van der Waals surface area contributed by atoms with E-state index in [9.17, 15) is 32.9 Å². The van der Waals surface area contributed by atoms with E-state index in [4.69, 9.17) is 50.3 Å². The average Bonchev–Trinajstić information content (AvgIpc) is 1.61. The number of rotatable bonds is 29. The summed E-state index contributed by atoms with van der Waals surface area (Å²) in [5, 5.41) is 10.7. The minimum atomic E-state index is -5.44. The molecule has 0 aliphatic carbocycles. The molecule has 6 aromatic carbocycles. The normalized spacial score (nSPS) is 20.0. The van der Waals surface area contributed by atoms with E-state index in [1.54, 1.807) is 50.6 Å². The quantitative estimate of drug-likeness (QED) is 0.0145. The van der Waals surface area contributed by atoms with E-state index in [1.165, 1.54) is 36.0 Å². The molecule has 2 aliphatic rings. The van der Waals surface area contributed by atoms with Crippen LogP contribution in [-0.4, -0.2) is 115 Å². The minimum absolute atomic E-state index is 0.108. The van der Waals surface area contributed by atoms with Gasteiger partial charge in [0, 0.05) is 36.9 Å². The second kappa shape index (κ2) is 31.3. The van der Waals surface area contributed by atoms with Crippen LogP contribution < -0.4 is 42.3 Å². The van der Waals surface area contributed by atoms with Gasteiger partial charge in [-0.15, -0.1) is 0 Å². The summed E-state index contributed by atoms with van der Waals surface area (Å²) in [5.41, 5.74) is -1.68. The molecular formula is C74H88N5O18PSSi2. The highest BCUT2D eigenvalue weighted by Crippen LogP contribution is 2.57. The molecule has 4 heterocycles. The van der Waals surface area contributed by atoms with E-state index < -0.39 is 148 Å². The van der Waals surface area contributed by atoms with Gasteiger partial charge in [-0.3, -0.25) is 46.4 Å². The van der Waals surface area contributed by atoms with Crippen molar-refractivity contribution in [2.45, 2.75) is 157 Å². The van der Waals surface area contributed by atoms with E-state index >= 15 is 4.57 Å². The number of phosphoric acid groups is 1. The van der Waals surface area contributed by atoms with Gasteiger partial charge >= 0.3 is 19.2 Å². The summed E-state index contributed by atoms with van der Waals surface area (Å²) in [5.74, 6) is 1.12. The molecule has 10 rings (SSSR count). The zero-order valence-corrected chi connectivity index (χ0v) is 62.4. The first-order valence-corrected chi connectivity index (χ1v) is 41.0. The Balaban J connectivity index is 1.18. The number of phosphoric ester groups is 1. The van der Waals surface area contributed by atoms with Crippen LogP contribution in [0.1, 0.15) is 101 Å². The highest BCUT2D eigenvalue weighted by Gasteiger charge is 2.59. The maximum Gasteiger partial charge on any atom is 0.475 e. The number of aryl methyl sites for hydroxylation is 2. The lowest BCUT2D eigenvalue weighted by Crippen LogP contribution is -2.68. The Labute approximate surface area is 590 Å². The van der Waals surface area contributed by atoms with Gasteiger partial charge in [0.05, 0.1) is 57.5 Å². The Bertz CT molecular complexity index is 4500. The largest absolute Gasteiger partial charge is 0.497 e. The molecule has 0 saturated carbocycles. The van der Waals surface area contributed by atoms with Crippen molar-refractivity contribution >= 4 is 44.9 Å². The number of nitrogens with zero attached hydrogens (tertiary/aromatic N) is 3. The number of hydrogen-bond donors (Lipinski definition) is 2. The fourth-order valence-electron chi connectivity index (χ4n) is 12.7. The van der Waals surface area contributed by atoms with Crippen LogP contribution in [0.2, 0.25) is 23.2 Å². The standard InChI is InChI=1S/C74H88N5O18PSSi2/c1-50-29-39-57(40-30-50)99(85,86)91-46-42-60(65-61(47-64(93-65)79-48-51(2)68(81)77-71(79)83)96-101(73(6,7)8,58-25-18-14-19-26-58)59-27-20-15-21-28-59)94-98(84,90-45-22-43-75)95-66-62(92-69(78-44-41-63(80)76-70(78)82)67(66)97-100(11,12)72(3,4)5)49-89-74(52-23-16-13-17-24-52,53-31-35-55(87-9)36-32-53)54-33-37-56(88-10)38-34-54/h13-21,23-41,44,48,60-62,64-67,69H,22,42,45-47,49H2,1-12H3,(H,76,80,82)(H,77,81,83)/t60-,61-,62+,64+,65+,66+,67+,69+,98?/m0/s1. The van der Waals surface area contributed by atoms with Gasteiger partial charge in [-0.1, -0.05) is 174 Å². The third kappa shape index (κ3) is 16.6. The first kappa shape index (κ1) is 75.7. The fourth-order valence-corrected chi connectivity index (χ4v) is 21.2. The van der Waals surface area contributed by atoms with Crippen molar-refractivity contribution in [1.82, 2.24) is 19.1 Å². The fraction of sp³-hybridized carbons (Fsp3) is 0.392. The van der Waals surface area contributed by atoms with Gasteiger partial charge < -0.3 is 32.5 Å². The van der Waals surface area contributed by atoms with Gasteiger partial charge in [0.25, 0.3) is 29.6 Å². The number of aromatic nitrogens is 4. The third-order valence-corrected chi connectivity index (χ3v) is 31.3. The van der Waals surface area contributed by atoms with Gasteiger partial charge in [-0.25, -0.2) is 14.2 Å². The minimum Gasteiger partial charge on any atom is -0.497 e. The highest BCUT2D eigenvalue weighted by atomic mass is 32.2. The molecule has 2 N–H and O–H groups in total. The van der Waals surface area contributed by atoms with Gasteiger partial charge in [-0.2, -0.15) is 13.7 Å². The second-order valence-corrected chi connectivity index (χ2v) is 39.8. The molecule has 23 nitrogen and oxygen atoms in total. The highest BCUT2D eigenvalue weighted by molar-refractivity contribution is 7.86. The molecule has 2 aromatic heterocycles. The number of methoxy groups -OCH3 is 2. The lowest BCUT2D eigenvalue weighted by Gasteiger charge is -2.45. The van der Waals surface area contributed by atoms with Crippen LogP contribution in [-0.2, 0) is 61.1 Å². The Kier molecular flexibility index (Phi) is 23.5. The van der Waals surface area contributed by atoms with Crippen LogP contribution in [0.3, 0.4) is 0 Å². The van der Waals surface area contributed by atoms with Crippen molar-refractivity contribution < 1.29 is 63.3 Å². The summed E-state index contributed by atoms with van der Waals surface area (Å²) in [4.78, 5) is 59.1. The summed E-state index contributed by atoms with van der Waals surface area (Å²) in [6.07, 6.45) is -9.80. The number of benzene rings is 6. The molecule has 8 aromatic rings. The van der Waals surface area contributed by atoms with Gasteiger partial charge in [0.1, 0.15) is 53.8 Å². The van der Waals surface area contributed by atoms with Crippen LogP contribution >= 0.6 is 7.82 Å². The second-order valence-electron chi connectivity index (χ2n) is 27.6. The molecule has 536 valence electrons. The van der Waals surface area contributed by atoms with E-state index in [1.807, 2.05) is 162 Å². The summed E-state index contributed by atoms with van der Waals surface area (Å²) in [6, 6.07) is 52.7. The topological polar surface area (TPSA) is 286 Å². The van der Waals surface area contributed by atoms with Crippen molar-refractivity contribution in [3.8, 4) is 17.6 Å². The maximum absolute atomic E-state index is 17.1. The van der Waals surface area contributed by atoms with Crippen LogP contribution in [0.25, 0.3) is 0 Å². The van der Waals surface area contributed by atoms with Crippen LogP contribution in [0.15, 0.2) is 206 Å². The zero-order valence-electron chi connectivity index (χ0n) is 58.7. The summed E-state index contributed by atoms with van der Waals surface area (Å²) in [6.45, 7) is 17.8. The molecular weight excluding hydrogens is 1370 g/mol. The molecule has 1 unspecified atom stereocenters. The Hall–Kier alpha value is -7.98. The van der Waals surface area contributed by atoms with E-state index in [2.05, 4.69) is 30.7 Å². The van der Waals surface area contributed by atoms with Crippen molar-refractivity contribution in [1.29, 1.82) is 5.26 Å². The molecule has 0 radical (unpaired) electrons. The Morgan fingerprint density at radius 3 is 1.76 bits per heavy atom. The first-order valence-electron chi connectivity index (χ1n) is 33.3. The predicted octanol–water partition coefficient (Wildman–Crippen LogP) is 10.9. The lowest BCUT2D eigenvalue weighted by atomic mass is 9.80. The van der Waals surface area contributed by atoms with E-state index in [0.717, 1.165) is 26.6 Å². The van der Waals surface area contributed by atoms with Gasteiger partial charge in [0.2, 0.25) is 0 Å². The summed E-state index contributed by atoms with van der Waals surface area (Å²) in [7, 11) is -13.7. The number of nitrogens with one attached hydrogen (secondary N) is 2. The predicted molar refractivity (Wildman–Crippen MR) is 385 cm³/mol. The van der Waals surface area contributed by atoms with E-state index in [0.29, 0.717) is 28.2 Å². The lowest BCUT2D eigenvalue weighted by molar-refractivity contribution is -0.103. The number of H-pyrrole nitrogens is 2. The maximum atomic E-state index is 17.1. The molecule has 2 fully saturated rings. The number of nitriles is 1. The summed E-state index contributed by atoms with van der Waals surface area (Å²) >= 11 is 0. The van der Waals surface area contributed by atoms with Crippen molar-refractivity contribution in [3.05, 3.63) is 252 Å². The van der Waals surface area contributed by atoms with Crippen LogP contribution in [0.4, 0.5) is 0 Å². The zero-order chi connectivity index (χ0) is 72.7. The molecule has 0 amide bonds. The Morgan fingerprint density at radius 2 is 1.23 bits per heavy atom. The number of aromatic amines is 2. The average molecular weight is 1450 g/mol. The van der Waals surface area contributed by atoms with E-state index in [-0.39, 0.29) is 23.3 Å². The smallest absolute Gasteiger partial charge is 0.475 e. The SMILES string of the molecule is COc1ccc(C(OC[C@H]2O[C@@H](n3ccc(=O)[nH]c3=O)[C@H](O[Si](C)(C)C(C)(C)C)[C@@H]2OP(=O)(OCCC#N)O[C@@H](CCOS(=O)(=O)c2ccc(C)cc2)[C@H]2O[C@@H](n3cc(C)c(=O)[nH]c3=O)C[C@@H]2O[Si](c2ccccc2)(c2ccccc2)C(C)(C)C)(c2ccccc2)c2ccc(OC)cc2)cc1. The van der Waals surface area contributed by atoms with Crippen molar-refractivity contribution in [2.24, 2.45) is 0 Å².